The van der Waals surface area contributed by atoms with Crippen molar-refractivity contribution in [1.29, 1.82) is 0 Å². The summed E-state index contributed by atoms with van der Waals surface area (Å²) in [5.74, 6) is -1.79. The topological polar surface area (TPSA) is 89.3 Å². The van der Waals surface area contributed by atoms with E-state index in [1.54, 1.807) is 6.92 Å². The van der Waals surface area contributed by atoms with Crippen LogP contribution in [0.25, 0.3) is 0 Å². The number of aromatic nitrogens is 2. The van der Waals surface area contributed by atoms with Gasteiger partial charge in [0.25, 0.3) is 0 Å². The number of hydrogen-bond donors (Lipinski definition) is 1. The van der Waals surface area contributed by atoms with E-state index in [9.17, 15) is 31.5 Å². The molecule has 0 atom stereocenters. The second kappa shape index (κ2) is 6.75. The highest BCUT2D eigenvalue weighted by atomic mass is 32.2. The fraction of sp³-hybridized carbons (Fsp3) is 0.375. The van der Waals surface area contributed by atoms with Crippen molar-refractivity contribution in [3.05, 3.63) is 40.6 Å². The van der Waals surface area contributed by atoms with Gasteiger partial charge in [0.05, 0.1) is 22.4 Å². The van der Waals surface area contributed by atoms with Crippen LogP contribution in [0.3, 0.4) is 0 Å². The second-order valence-corrected chi connectivity index (χ2v) is 7.76. The van der Waals surface area contributed by atoms with Crippen LogP contribution in [-0.2, 0) is 22.6 Å². The Balaban J connectivity index is 2.74. The van der Waals surface area contributed by atoms with Gasteiger partial charge in [-0.3, -0.25) is 4.79 Å². The number of aryl methyl sites for hydroxylation is 1. The van der Waals surface area contributed by atoms with Crippen LogP contribution >= 0.6 is 0 Å². The number of hydrogen-bond acceptors (Lipinski definition) is 5. The second-order valence-electron chi connectivity index (χ2n) is 5.54. The molecule has 1 heterocycles. The third kappa shape index (κ3) is 3.33. The molecule has 0 saturated carbocycles. The zero-order valence-electron chi connectivity index (χ0n) is 14.3. The predicted molar refractivity (Wildman–Crippen MR) is 86.9 cm³/mol. The van der Waals surface area contributed by atoms with Crippen molar-refractivity contribution in [2.24, 2.45) is 0 Å². The summed E-state index contributed by atoms with van der Waals surface area (Å²) in [4.78, 5) is 11.7. The molecule has 0 bridgehead atoms. The number of halogens is 3. The number of carbonyl (C=O) groups excluding carboxylic acids is 1. The van der Waals surface area contributed by atoms with Gasteiger partial charge in [-0.25, -0.2) is 13.1 Å². The minimum Gasteiger partial charge on any atom is -0.493 e. The molecule has 0 aliphatic heterocycles. The summed E-state index contributed by atoms with van der Waals surface area (Å²) in [5.41, 5.74) is -2.08. The average molecular weight is 390 g/mol. The molecule has 0 aliphatic carbocycles. The summed E-state index contributed by atoms with van der Waals surface area (Å²) < 4.78 is 65.4. The lowest BCUT2D eigenvalue weighted by atomic mass is 9.98. The summed E-state index contributed by atoms with van der Waals surface area (Å²) in [6.45, 7) is 4.32. The SMILES string of the molecule is CCn1ncc(C(=O)c2ccc(C(F)(F)F)c(S(=O)(=O)CC)c2C)c1O. The monoisotopic (exact) mass is 390 g/mol. The van der Waals surface area contributed by atoms with Crippen molar-refractivity contribution >= 4 is 15.6 Å². The van der Waals surface area contributed by atoms with Crippen LogP contribution < -0.4 is 0 Å². The number of aromatic hydroxyl groups is 1. The molecular weight excluding hydrogens is 373 g/mol. The Labute approximate surface area is 148 Å². The van der Waals surface area contributed by atoms with Crippen molar-refractivity contribution in [3.8, 4) is 5.88 Å². The summed E-state index contributed by atoms with van der Waals surface area (Å²) >= 11 is 0. The molecule has 0 radical (unpaired) electrons. The normalized spacial score (nSPS) is 12.4. The first-order chi connectivity index (χ1) is 12.0. The van der Waals surface area contributed by atoms with E-state index >= 15 is 0 Å². The maximum Gasteiger partial charge on any atom is 0.417 e. The molecule has 142 valence electrons. The van der Waals surface area contributed by atoms with E-state index in [2.05, 4.69) is 5.10 Å². The molecule has 0 unspecified atom stereocenters. The highest BCUT2D eigenvalue weighted by Crippen LogP contribution is 2.38. The first-order valence-corrected chi connectivity index (χ1v) is 9.33. The molecule has 0 spiro atoms. The minimum absolute atomic E-state index is 0.213. The third-order valence-corrected chi connectivity index (χ3v) is 5.91. The Morgan fingerprint density at radius 1 is 1.23 bits per heavy atom. The molecular formula is C16H17F3N2O4S. The maximum absolute atomic E-state index is 13.3. The smallest absolute Gasteiger partial charge is 0.417 e. The minimum atomic E-state index is -4.89. The van der Waals surface area contributed by atoms with E-state index in [0.29, 0.717) is 6.07 Å². The maximum atomic E-state index is 13.3. The molecule has 0 aliphatic rings. The van der Waals surface area contributed by atoms with Crippen LogP contribution in [0.4, 0.5) is 13.2 Å². The molecule has 1 aromatic carbocycles. The van der Waals surface area contributed by atoms with Gasteiger partial charge in [0.1, 0.15) is 5.56 Å². The Morgan fingerprint density at radius 3 is 2.31 bits per heavy atom. The molecule has 0 saturated heterocycles. The number of ketones is 1. The van der Waals surface area contributed by atoms with E-state index in [0.717, 1.165) is 23.9 Å². The fourth-order valence-electron chi connectivity index (χ4n) is 2.62. The van der Waals surface area contributed by atoms with Crippen LogP contribution in [0.2, 0.25) is 0 Å². The quantitative estimate of drug-likeness (QED) is 0.793. The molecule has 2 rings (SSSR count). The Bertz CT molecular complexity index is 963. The van der Waals surface area contributed by atoms with Gasteiger partial charge in [-0.1, -0.05) is 13.0 Å². The molecule has 6 nitrogen and oxygen atoms in total. The van der Waals surface area contributed by atoms with E-state index in [1.807, 2.05) is 0 Å². The van der Waals surface area contributed by atoms with Crippen molar-refractivity contribution < 1.29 is 31.5 Å². The molecule has 10 heteroatoms. The number of alkyl halides is 3. The van der Waals surface area contributed by atoms with Crippen LogP contribution in [0.1, 0.15) is 40.9 Å². The van der Waals surface area contributed by atoms with Gasteiger partial charge in [-0.2, -0.15) is 18.3 Å². The van der Waals surface area contributed by atoms with Gasteiger partial charge in [-0.05, 0) is 25.5 Å². The molecule has 2 aromatic rings. The highest BCUT2D eigenvalue weighted by molar-refractivity contribution is 7.91. The van der Waals surface area contributed by atoms with Gasteiger partial charge < -0.3 is 5.11 Å². The number of carbonyl (C=O) groups is 1. The van der Waals surface area contributed by atoms with Gasteiger partial charge in [0.15, 0.2) is 15.6 Å². The fourth-order valence-corrected chi connectivity index (χ4v) is 4.01. The molecule has 26 heavy (non-hydrogen) atoms. The summed E-state index contributed by atoms with van der Waals surface area (Å²) in [6, 6.07) is 1.49. The van der Waals surface area contributed by atoms with Gasteiger partial charge in [-0.15, -0.1) is 0 Å². The molecule has 0 amide bonds. The standard InChI is InChI=1S/C16H17F3N2O4S/c1-4-21-15(23)11(8-20-21)13(22)10-6-7-12(16(17,18)19)14(9(10)3)26(24,25)5-2/h6-8,23H,4-5H2,1-3H3. The van der Waals surface area contributed by atoms with Crippen molar-refractivity contribution in [2.75, 3.05) is 5.75 Å². The van der Waals surface area contributed by atoms with Crippen molar-refractivity contribution in [1.82, 2.24) is 9.78 Å². The predicted octanol–water partition coefficient (Wildman–Crippen LogP) is 2.96. The number of rotatable bonds is 5. The molecule has 1 aromatic heterocycles. The van der Waals surface area contributed by atoms with Crippen LogP contribution in [0.15, 0.2) is 23.2 Å². The third-order valence-electron chi connectivity index (χ3n) is 4.00. The van der Waals surface area contributed by atoms with E-state index in [-0.39, 0.29) is 23.2 Å². The lowest BCUT2D eigenvalue weighted by Crippen LogP contribution is -2.18. The summed E-state index contributed by atoms with van der Waals surface area (Å²) in [7, 11) is -4.25. The number of sulfone groups is 1. The summed E-state index contributed by atoms with van der Waals surface area (Å²) in [6.07, 6.45) is -3.80. The van der Waals surface area contributed by atoms with Gasteiger partial charge in [0, 0.05) is 12.1 Å². The molecule has 1 N–H and O–H groups in total. The largest absolute Gasteiger partial charge is 0.493 e. The van der Waals surface area contributed by atoms with Crippen LogP contribution in [0, 0.1) is 6.92 Å². The van der Waals surface area contributed by atoms with Crippen LogP contribution in [-0.4, -0.2) is 34.8 Å². The Hall–Kier alpha value is -2.36. The van der Waals surface area contributed by atoms with E-state index < -0.39 is 43.9 Å². The van der Waals surface area contributed by atoms with E-state index in [4.69, 9.17) is 0 Å². The lowest BCUT2D eigenvalue weighted by molar-refractivity contribution is -0.140. The Morgan fingerprint density at radius 2 is 1.85 bits per heavy atom. The highest BCUT2D eigenvalue weighted by Gasteiger charge is 2.39. The number of nitrogens with zero attached hydrogens (tertiary/aromatic N) is 2. The van der Waals surface area contributed by atoms with Crippen molar-refractivity contribution in [2.45, 2.75) is 38.4 Å². The zero-order chi connectivity index (χ0) is 19.9. The molecule has 0 fully saturated rings. The number of benzene rings is 1. The Kier molecular flexibility index (Phi) is 5.18. The van der Waals surface area contributed by atoms with Gasteiger partial charge in [0.2, 0.25) is 5.88 Å². The lowest BCUT2D eigenvalue weighted by Gasteiger charge is -2.17. The first-order valence-electron chi connectivity index (χ1n) is 7.68. The van der Waals surface area contributed by atoms with Crippen molar-refractivity contribution in [3.63, 3.8) is 0 Å². The van der Waals surface area contributed by atoms with Crippen LogP contribution in [0.5, 0.6) is 5.88 Å². The van der Waals surface area contributed by atoms with E-state index in [1.165, 1.54) is 6.92 Å². The van der Waals surface area contributed by atoms with Gasteiger partial charge >= 0.3 is 6.18 Å². The average Bonchev–Trinajstić information content (AvgIpc) is 2.93. The first kappa shape index (κ1) is 20.0. The zero-order valence-corrected chi connectivity index (χ0v) is 15.1. The summed E-state index contributed by atoms with van der Waals surface area (Å²) in [5, 5.41) is 13.8.